The number of hydrogen-bond acceptors (Lipinski definition) is 4. The average molecular weight is 362 g/mol. The van der Waals surface area contributed by atoms with E-state index in [1.165, 1.54) is 0 Å². The minimum Gasteiger partial charge on any atom is -0.329 e. The molecule has 3 rings (SSSR count). The number of rotatable bonds is 4. The first-order chi connectivity index (χ1) is 12.0. The number of aryl methyl sites for hydroxylation is 2. The highest BCUT2D eigenvalue weighted by Gasteiger charge is 2.33. The Balaban J connectivity index is 1.64. The molecule has 0 aliphatic carbocycles. The smallest absolute Gasteiger partial charge is 0.246 e. The van der Waals surface area contributed by atoms with Crippen molar-refractivity contribution in [3.05, 3.63) is 41.4 Å². The standard InChI is InChI=1S/C17H20ClN5O2/c1-12-9-23(14-5-3-4-13(18)8-14)17(25)10-22(12)16(24)7-6-15-20-19-11-21(15)2/h3-5,8,11-12H,6-7,9-10H2,1-2H3. The number of aromatic nitrogens is 3. The van der Waals surface area contributed by atoms with Crippen LogP contribution in [0.5, 0.6) is 0 Å². The Labute approximate surface area is 151 Å². The minimum absolute atomic E-state index is 0.0467. The number of halogens is 1. The second-order valence-electron chi connectivity index (χ2n) is 6.21. The maximum absolute atomic E-state index is 12.5. The summed E-state index contributed by atoms with van der Waals surface area (Å²) in [6, 6.07) is 7.13. The molecule has 1 aliphatic rings. The van der Waals surface area contributed by atoms with Gasteiger partial charge >= 0.3 is 0 Å². The average Bonchev–Trinajstić information content (AvgIpc) is 2.99. The zero-order valence-corrected chi connectivity index (χ0v) is 15.0. The Bertz CT molecular complexity index is 791. The Kier molecular flexibility index (Phi) is 5.03. The molecule has 0 spiro atoms. The molecule has 7 nitrogen and oxygen atoms in total. The Morgan fingerprint density at radius 1 is 1.40 bits per heavy atom. The van der Waals surface area contributed by atoms with Crippen molar-refractivity contribution in [2.75, 3.05) is 18.0 Å². The van der Waals surface area contributed by atoms with Gasteiger partial charge in [0.15, 0.2) is 0 Å². The molecule has 1 fully saturated rings. The monoisotopic (exact) mass is 361 g/mol. The molecule has 2 aromatic rings. The maximum atomic E-state index is 12.5. The number of piperazine rings is 1. The molecule has 1 aromatic heterocycles. The van der Waals surface area contributed by atoms with Gasteiger partial charge in [0.05, 0.1) is 0 Å². The summed E-state index contributed by atoms with van der Waals surface area (Å²) in [5.74, 6) is 0.604. The van der Waals surface area contributed by atoms with Gasteiger partial charge in [0.1, 0.15) is 18.7 Å². The molecule has 1 saturated heterocycles. The van der Waals surface area contributed by atoms with E-state index in [4.69, 9.17) is 11.6 Å². The van der Waals surface area contributed by atoms with Crippen LogP contribution in [-0.4, -0.2) is 50.6 Å². The highest BCUT2D eigenvalue weighted by atomic mass is 35.5. The van der Waals surface area contributed by atoms with E-state index >= 15 is 0 Å². The fourth-order valence-corrected chi connectivity index (χ4v) is 3.16. The van der Waals surface area contributed by atoms with Crippen molar-refractivity contribution in [3.8, 4) is 0 Å². The summed E-state index contributed by atoms with van der Waals surface area (Å²) in [5, 5.41) is 8.37. The number of amides is 2. The van der Waals surface area contributed by atoms with E-state index < -0.39 is 0 Å². The summed E-state index contributed by atoms with van der Waals surface area (Å²) in [4.78, 5) is 28.4. The molecule has 0 N–H and O–H groups in total. The van der Waals surface area contributed by atoms with Crippen LogP contribution in [0.25, 0.3) is 0 Å². The van der Waals surface area contributed by atoms with E-state index in [-0.39, 0.29) is 24.4 Å². The minimum atomic E-state index is -0.104. The normalized spacial score (nSPS) is 17.9. The molecule has 1 unspecified atom stereocenters. The SMILES string of the molecule is CC1CN(c2cccc(Cl)c2)C(=O)CN1C(=O)CCc1nncn1C. The van der Waals surface area contributed by atoms with Crippen molar-refractivity contribution < 1.29 is 9.59 Å². The Hall–Kier alpha value is -2.41. The Morgan fingerprint density at radius 3 is 2.88 bits per heavy atom. The fourth-order valence-electron chi connectivity index (χ4n) is 2.97. The van der Waals surface area contributed by atoms with E-state index in [2.05, 4.69) is 10.2 Å². The van der Waals surface area contributed by atoms with Crippen molar-refractivity contribution in [2.45, 2.75) is 25.8 Å². The summed E-state index contributed by atoms with van der Waals surface area (Å²) >= 11 is 6.01. The van der Waals surface area contributed by atoms with Crippen LogP contribution < -0.4 is 4.90 Å². The molecule has 1 aromatic carbocycles. The van der Waals surface area contributed by atoms with Gasteiger partial charge in [-0.25, -0.2) is 0 Å². The zero-order valence-electron chi connectivity index (χ0n) is 14.2. The van der Waals surface area contributed by atoms with Crippen LogP contribution in [-0.2, 0) is 23.1 Å². The van der Waals surface area contributed by atoms with Gasteiger partial charge < -0.3 is 14.4 Å². The van der Waals surface area contributed by atoms with E-state index in [1.807, 2.05) is 26.1 Å². The van der Waals surface area contributed by atoms with Crippen molar-refractivity contribution in [2.24, 2.45) is 7.05 Å². The van der Waals surface area contributed by atoms with Crippen LogP contribution in [0.3, 0.4) is 0 Å². The van der Waals surface area contributed by atoms with E-state index in [0.29, 0.717) is 24.4 Å². The summed E-state index contributed by atoms with van der Waals surface area (Å²) in [6.45, 7) is 2.48. The van der Waals surface area contributed by atoms with Gasteiger partial charge in [-0.15, -0.1) is 10.2 Å². The lowest BCUT2D eigenvalue weighted by molar-refractivity contribution is -0.139. The third kappa shape index (κ3) is 3.82. The van der Waals surface area contributed by atoms with Crippen LogP contribution in [0.15, 0.2) is 30.6 Å². The number of anilines is 1. The largest absolute Gasteiger partial charge is 0.329 e. The number of nitrogens with zero attached hydrogens (tertiary/aromatic N) is 5. The number of benzene rings is 1. The van der Waals surface area contributed by atoms with Gasteiger partial charge in [0.25, 0.3) is 0 Å². The lowest BCUT2D eigenvalue weighted by atomic mass is 10.1. The molecule has 8 heteroatoms. The van der Waals surface area contributed by atoms with Gasteiger partial charge in [-0.3, -0.25) is 9.59 Å². The van der Waals surface area contributed by atoms with Crippen LogP contribution in [0, 0.1) is 0 Å². The molecular formula is C17H20ClN5O2. The third-order valence-electron chi connectivity index (χ3n) is 4.39. The van der Waals surface area contributed by atoms with Crippen LogP contribution in [0.2, 0.25) is 5.02 Å². The molecule has 0 radical (unpaired) electrons. The highest BCUT2D eigenvalue weighted by molar-refractivity contribution is 6.30. The highest BCUT2D eigenvalue weighted by Crippen LogP contribution is 2.23. The molecule has 1 aliphatic heterocycles. The quantitative estimate of drug-likeness (QED) is 0.830. The van der Waals surface area contributed by atoms with E-state index in [1.54, 1.807) is 32.8 Å². The fraction of sp³-hybridized carbons (Fsp3) is 0.412. The summed E-state index contributed by atoms with van der Waals surface area (Å²) in [7, 11) is 1.84. The molecular weight excluding hydrogens is 342 g/mol. The molecule has 2 amide bonds. The zero-order chi connectivity index (χ0) is 18.0. The second-order valence-corrected chi connectivity index (χ2v) is 6.65. The van der Waals surface area contributed by atoms with Gasteiger partial charge in [-0.2, -0.15) is 0 Å². The molecule has 0 bridgehead atoms. The van der Waals surface area contributed by atoms with Gasteiger partial charge in [-0.05, 0) is 25.1 Å². The third-order valence-corrected chi connectivity index (χ3v) is 4.63. The maximum Gasteiger partial charge on any atom is 0.246 e. The Morgan fingerprint density at radius 2 is 2.20 bits per heavy atom. The van der Waals surface area contributed by atoms with Gasteiger partial charge in [0.2, 0.25) is 11.8 Å². The van der Waals surface area contributed by atoms with Crippen LogP contribution in [0.4, 0.5) is 5.69 Å². The van der Waals surface area contributed by atoms with E-state index in [0.717, 1.165) is 11.5 Å². The first-order valence-corrected chi connectivity index (χ1v) is 8.52. The predicted molar refractivity (Wildman–Crippen MR) is 94.3 cm³/mol. The lowest BCUT2D eigenvalue weighted by Crippen LogP contribution is -2.57. The van der Waals surface area contributed by atoms with Gasteiger partial charge in [0, 0.05) is 43.2 Å². The first-order valence-electron chi connectivity index (χ1n) is 8.14. The lowest BCUT2D eigenvalue weighted by Gasteiger charge is -2.39. The molecule has 132 valence electrons. The number of hydrogen-bond donors (Lipinski definition) is 0. The first kappa shape index (κ1) is 17.4. The van der Waals surface area contributed by atoms with E-state index in [9.17, 15) is 9.59 Å². The van der Waals surface area contributed by atoms with Gasteiger partial charge in [-0.1, -0.05) is 17.7 Å². The molecule has 2 heterocycles. The topological polar surface area (TPSA) is 71.3 Å². The molecule has 0 saturated carbocycles. The van der Waals surface area contributed by atoms with Crippen molar-refractivity contribution in [1.29, 1.82) is 0 Å². The number of carbonyl (C=O) groups excluding carboxylic acids is 2. The van der Waals surface area contributed by atoms with Crippen molar-refractivity contribution in [1.82, 2.24) is 19.7 Å². The van der Waals surface area contributed by atoms with Crippen LogP contribution in [0.1, 0.15) is 19.2 Å². The molecule has 25 heavy (non-hydrogen) atoms. The van der Waals surface area contributed by atoms with Crippen molar-refractivity contribution >= 4 is 29.1 Å². The van der Waals surface area contributed by atoms with Crippen molar-refractivity contribution in [3.63, 3.8) is 0 Å². The second kappa shape index (κ2) is 7.23. The summed E-state index contributed by atoms with van der Waals surface area (Å²) < 4.78 is 1.79. The molecule has 1 atom stereocenters. The van der Waals surface area contributed by atoms with Crippen LogP contribution >= 0.6 is 11.6 Å². The number of carbonyl (C=O) groups is 2. The predicted octanol–water partition coefficient (Wildman–Crippen LogP) is 1.66. The summed E-state index contributed by atoms with van der Waals surface area (Å²) in [5.41, 5.74) is 0.760. The summed E-state index contributed by atoms with van der Waals surface area (Å²) in [6.07, 6.45) is 2.42.